The first-order chi connectivity index (χ1) is 13.0. The maximum Gasteiger partial charge on any atom is 0.307 e. The average Bonchev–Trinajstić information content (AvgIpc) is 2.65. The molecule has 5 nitrogen and oxygen atoms in total. The van der Waals surface area contributed by atoms with Crippen LogP contribution in [0.4, 0.5) is 0 Å². The summed E-state index contributed by atoms with van der Waals surface area (Å²) < 4.78 is 10.5. The topological polar surface area (TPSA) is 55.8 Å². The number of hydrogen-bond acceptors (Lipinski definition) is 4. The molecule has 0 aromatic heterocycles. The van der Waals surface area contributed by atoms with Crippen molar-refractivity contribution in [1.82, 2.24) is 4.90 Å². The molecule has 0 N–H and O–H groups in total. The molecule has 0 spiro atoms. The summed E-state index contributed by atoms with van der Waals surface area (Å²) >= 11 is 0. The third-order valence-electron chi connectivity index (χ3n) is 5.24. The molecule has 2 atom stereocenters. The van der Waals surface area contributed by atoms with Crippen LogP contribution >= 0.6 is 0 Å². The van der Waals surface area contributed by atoms with Crippen LogP contribution in [0.5, 0.6) is 5.75 Å². The molecule has 1 saturated carbocycles. The third-order valence-corrected chi connectivity index (χ3v) is 5.24. The smallest absolute Gasteiger partial charge is 0.307 e. The zero-order chi connectivity index (χ0) is 19.6. The van der Waals surface area contributed by atoms with E-state index in [1.807, 2.05) is 36.1 Å². The Labute approximate surface area is 163 Å². The predicted molar refractivity (Wildman–Crippen MR) is 106 cm³/mol. The van der Waals surface area contributed by atoms with Gasteiger partial charge in [0.05, 0.1) is 26.1 Å². The van der Waals surface area contributed by atoms with Gasteiger partial charge in [0, 0.05) is 12.6 Å². The van der Waals surface area contributed by atoms with Gasteiger partial charge in [0.1, 0.15) is 5.75 Å². The maximum atomic E-state index is 13.1. The molecule has 1 aromatic rings. The molecule has 150 valence electrons. The van der Waals surface area contributed by atoms with Crippen molar-refractivity contribution < 1.29 is 19.1 Å². The van der Waals surface area contributed by atoms with Crippen molar-refractivity contribution >= 4 is 11.9 Å². The quantitative estimate of drug-likeness (QED) is 0.613. The molecule has 0 heterocycles. The van der Waals surface area contributed by atoms with E-state index in [-0.39, 0.29) is 24.3 Å². The molecule has 0 radical (unpaired) electrons. The van der Waals surface area contributed by atoms with Crippen LogP contribution < -0.4 is 4.74 Å². The van der Waals surface area contributed by atoms with Crippen LogP contribution in [0.25, 0.3) is 0 Å². The van der Waals surface area contributed by atoms with Gasteiger partial charge < -0.3 is 14.4 Å². The first-order valence-electron chi connectivity index (χ1n) is 10.2. The SMILES string of the molecule is CCOC(=O)CCN(C(=O)Cc1ccc(OCC)cc1)C1CCCCC1C. The van der Waals surface area contributed by atoms with Crippen LogP contribution in [-0.4, -0.2) is 42.6 Å². The molecule has 1 aliphatic rings. The number of amides is 1. The minimum Gasteiger partial charge on any atom is -0.494 e. The highest BCUT2D eigenvalue weighted by atomic mass is 16.5. The maximum absolute atomic E-state index is 13.1. The standard InChI is InChI=1S/C22H33NO4/c1-4-26-19-12-10-18(11-13-19)16-21(24)23(15-14-22(25)27-5-2)20-9-7-6-8-17(20)3/h10-13,17,20H,4-9,14-16H2,1-3H3. The van der Waals surface area contributed by atoms with Crippen molar-refractivity contribution in [3.05, 3.63) is 29.8 Å². The van der Waals surface area contributed by atoms with E-state index < -0.39 is 0 Å². The van der Waals surface area contributed by atoms with Crippen molar-refractivity contribution in [3.8, 4) is 5.75 Å². The Morgan fingerprint density at radius 3 is 2.41 bits per heavy atom. The molecule has 2 unspecified atom stereocenters. The third kappa shape index (κ3) is 6.56. The second-order valence-corrected chi connectivity index (χ2v) is 7.22. The number of nitrogens with zero attached hydrogens (tertiary/aromatic N) is 1. The van der Waals surface area contributed by atoms with Crippen molar-refractivity contribution in [2.24, 2.45) is 5.92 Å². The number of hydrogen-bond donors (Lipinski definition) is 0. The Balaban J connectivity index is 2.05. The van der Waals surface area contributed by atoms with Crippen LogP contribution in [0.3, 0.4) is 0 Å². The second kappa shape index (κ2) is 11.0. The first-order valence-corrected chi connectivity index (χ1v) is 10.2. The molecule has 1 fully saturated rings. The number of ether oxygens (including phenoxy) is 2. The van der Waals surface area contributed by atoms with Gasteiger partial charge in [0.15, 0.2) is 0 Å². The minimum absolute atomic E-state index is 0.0854. The predicted octanol–water partition coefficient (Wildman–Crippen LogP) is 3.99. The highest BCUT2D eigenvalue weighted by Crippen LogP contribution is 2.29. The lowest BCUT2D eigenvalue weighted by Crippen LogP contribution is -2.47. The monoisotopic (exact) mass is 375 g/mol. The summed E-state index contributed by atoms with van der Waals surface area (Å²) in [6.07, 6.45) is 5.11. The average molecular weight is 376 g/mol. The Morgan fingerprint density at radius 2 is 1.78 bits per heavy atom. The van der Waals surface area contributed by atoms with E-state index in [2.05, 4.69) is 6.92 Å². The molecule has 0 bridgehead atoms. The lowest BCUT2D eigenvalue weighted by atomic mass is 9.84. The van der Waals surface area contributed by atoms with Gasteiger partial charge in [0.2, 0.25) is 5.91 Å². The Bertz CT molecular complexity index is 599. The Morgan fingerprint density at radius 1 is 1.07 bits per heavy atom. The largest absolute Gasteiger partial charge is 0.494 e. The Hall–Kier alpha value is -2.04. The molecule has 0 aliphatic heterocycles. The van der Waals surface area contributed by atoms with Gasteiger partial charge in [-0.2, -0.15) is 0 Å². The zero-order valence-corrected chi connectivity index (χ0v) is 16.9. The van der Waals surface area contributed by atoms with Gasteiger partial charge in [-0.25, -0.2) is 0 Å². The van der Waals surface area contributed by atoms with E-state index in [9.17, 15) is 9.59 Å². The van der Waals surface area contributed by atoms with Crippen molar-refractivity contribution in [2.75, 3.05) is 19.8 Å². The van der Waals surface area contributed by atoms with Gasteiger partial charge in [-0.3, -0.25) is 9.59 Å². The summed E-state index contributed by atoms with van der Waals surface area (Å²) in [5, 5.41) is 0. The van der Waals surface area contributed by atoms with Gasteiger partial charge in [-0.05, 0) is 50.3 Å². The Kier molecular flexibility index (Phi) is 8.62. The highest BCUT2D eigenvalue weighted by Gasteiger charge is 2.30. The summed E-state index contributed by atoms with van der Waals surface area (Å²) in [6, 6.07) is 7.90. The van der Waals surface area contributed by atoms with Crippen molar-refractivity contribution in [1.29, 1.82) is 0 Å². The number of esters is 1. The molecule has 2 rings (SSSR count). The molecule has 0 saturated heterocycles. The van der Waals surface area contributed by atoms with E-state index in [1.165, 1.54) is 6.42 Å². The summed E-state index contributed by atoms with van der Waals surface area (Å²) in [5.41, 5.74) is 0.966. The number of carbonyl (C=O) groups is 2. The van der Waals surface area contributed by atoms with E-state index in [0.29, 0.717) is 32.1 Å². The van der Waals surface area contributed by atoms with Crippen LogP contribution in [-0.2, 0) is 20.7 Å². The normalized spacial score (nSPS) is 19.4. The fourth-order valence-corrected chi connectivity index (χ4v) is 3.83. The number of carbonyl (C=O) groups excluding carboxylic acids is 2. The first kappa shape index (κ1) is 21.3. The van der Waals surface area contributed by atoms with Crippen molar-refractivity contribution in [3.63, 3.8) is 0 Å². The summed E-state index contributed by atoms with van der Waals surface area (Å²) in [7, 11) is 0. The highest BCUT2D eigenvalue weighted by molar-refractivity contribution is 5.80. The van der Waals surface area contributed by atoms with Crippen molar-refractivity contribution in [2.45, 2.75) is 65.3 Å². The number of benzene rings is 1. The molecule has 27 heavy (non-hydrogen) atoms. The van der Waals surface area contributed by atoms with Gasteiger partial charge in [-0.1, -0.05) is 31.9 Å². The van der Waals surface area contributed by atoms with E-state index in [1.54, 1.807) is 6.92 Å². The zero-order valence-electron chi connectivity index (χ0n) is 16.9. The minimum atomic E-state index is -0.236. The lowest BCUT2D eigenvalue weighted by Gasteiger charge is -2.38. The molecule has 1 aliphatic carbocycles. The molecule has 1 aromatic carbocycles. The van der Waals surface area contributed by atoms with Crippen LogP contribution in [0, 0.1) is 5.92 Å². The summed E-state index contributed by atoms with van der Waals surface area (Å²) in [4.78, 5) is 26.8. The van der Waals surface area contributed by atoms with Crippen LogP contribution in [0.15, 0.2) is 24.3 Å². The van der Waals surface area contributed by atoms with E-state index in [0.717, 1.165) is 30.6 Å². The molecular formula is C22H33NO4. The fourth-order valence-electron chi connectivity index (χ4n) is 3.83. The van der Waals surface area contributed by atoms with Gasteiger partial charge in [0.25, 0.3) is 0 Å². The van der Waals surface area contributed by atoms with E-state index >= 15 is 0 Å². The lowest BCUT2D eigenvalue weighted by molar-refractivity contribution is -0.144. The van der Waals surface area contributed by atoms with Gasteiger partial charge >= 0.3 is 5.97 Å². The summed E-state index contributed by atoms with van der Waals surface area (Å²) in [5.74, 6) is 1.13. The second-order valence-electron chi connectivity index (χ2n) is 7.22. The summed E-state index contributed by atoms with van der Waals surface area (Å²) in [6.45, 7) is 7.40. The van der Waals surface area contributed by atoms with Crippen LogP contribution in [0.2, 0.25) is 0 Å². The molecule has 5 heteroatoms. The fraction of sp³-hybridized carbons (Fsp3) is 0.636. The van der Waals surface area contributed by atoms with Gasteiger partial charge in [-0.15, -0.1) is 0 Å². The van der Waals surface area contributed by atoms with Crippen LogP contribution in [0.1, 0.15) is 58.4 Å². The molecule has 1 amide bonds. The van der Waals surface area contributed by atoms with E-state index in [4.69, 9.17) is 9.47 Å². The number of rotatable bonds is 9. The molecular weight excluding hydrogens is 342 g/mol.